The topological polar surface area (TPSA) is 90.2 Å². The van der Waals surface area contributed by atoms with E-state index in [1.54, 1.807) is 14.2 Å². The van der Waals surface area contributed by atoms with Gasteiger partial charge in [0.1, 0.15) is 5.82 Å². The number of sulfonamides is 1. The average Bonchev–Trinajstić information content (AvgIpc) is 3.18. The molecule has 0 unspecified atom stereocenters. The molecule has 2 aromatic carbocycles. The number of aryl methyl sites for hydroxylation is 1. The first-order chi connectivity index (χ1) is 16.3. The van der Waals surface area contributed by atoms with Crippen molar-refractivity contribution in [3.05, 3.63) is 47.0 Å². The number of methoxy groups -OCH3 is 2. The lowest BCUT2D eigenvalue weighted by atomic mass is 9.98. The first-order valence-corrected chi connectivity index (χ1v) is 13.1. The molecule has 0 bridgehead atoms. The van der Waals surface area contributed by atoms with Gasteiger partial charge in [-0.25, -0.2) is 12.8 Å². The Morgan fingerprint density at radius 1 is 1.12 bits per heavy atom. The summed E-state index contributed by atoms with van der Waals surface area (Å²) in [6.45, 7) is 3.02. The number of hydrogen-bond acceptors (Lipinski definition) is 6. The maximum Gasteiger partial charge on any atom is 0.251 e. The minimum Gasteiger partial charge on any atom is -0.493 e. The molecule has 0 N–H and O–H groups in total. The monoisotopic (exact) mass is 507 g/mol. The number of carbonyl (C=O) groups is 1. The van der Waals surface area contributed by atoms with Gasteiger partial charge in [-0.3, -0.25) is 4.79 Å². The number of ether oxygens (including phenoxy) is 2. The molecule has 1 fully saturated rings. The third-order valence-electron chi connectivity index (χ3n) is 5.96. The van der Waals surface area contributed by atoms with Crippen LogP contribution in [0.15, 0.2) is 46.3 Å². The Labute approximate surface area is 201 Å². The number of amides is 1. The fraction of sp³-hybridized carbons (Fsp3) is 0.391. The van der Waals surface area contributed by atoms with Crippen molar-refractivity contribution in [3.8, 4) is 11.5 Å². The number of benzene rings is 2. The van der Waals surface area contributed by atoms with Gasteiger partial charge in [-0.2, -0.15) is 9.30 Å². The smallest absolute Gasteiger partial charge is 0.251 e. The molecule has 8 nitrogen and oxygen atoms in total. The predicted octanol–water partition coefficient (Wildman–Crippen LogP) is 3.41. The van der Waals surface area contributed by atoms with Crippen LogP contribution in [-0.2, 0) is 21.4 Å². The zero-order valence-corrected chi connectivity index (χ0v) is 20.8. The van der Waals surface area contributed by atoms with Crippen molar-refractivity contribution < 1.29 is 27.1 Å². The second kappa shape index (κ2) is 9.85. The number of piperidine rings is 1. The van der Waals surface area contributed by atoms with Gasteiger partial charge in [0.25, 0.3) is 5.91 Å². The van der Waals surface area contributed by atoms with E-state index in [0.29, 0.717) is 35.7 Å². The highest BCUT2D eigenvalue weighted by atomic mass is 32.2. The van der Waals surface area contributed by atoms with Crippen LogP contribution in [0.2, 0.25) is 0 Å². The van der Waals surface area contributed by atoms with Crippen LogP contribution >= 0.6 is 11.3 Å². The minimum atomic E-state index is -3.73. The maximum absolute atomic E-state index is 13.2. The van der Waals surface area contributed by atoms with Crippen LogP contribution in [0.4, 0.5) is 4.39 Å². The molecule has 0 spiro atoms. The maximum atomic E-state index is 13.2. The van der Waals surface area contributed by atoms with Gasteiger partial charge in [-0.1, -0.05) is 11.3 Å². The summed E-state index contributed by atoms with van der Waals surface area (Å²) in [5.41, 5.74) is 0.900. The molecule has 1 aliphatic rings. The highest BCUT2D eigenvalue weighted by molar-refractivity contribution is 7.89. The Hall–Kier alpha value is -2.76. The van der Waals surface area contributed by atoms with Crippen molar-refractivity contribution in [3.63, 3.8) is 0 Å². The summed E-state index contributed by atoms with van der Waals surface area (Å²) in [7, 11) is -0.584. The lowest BCUT2D eigenvalue weighted by Crippen LogP contribution is -2.40. The second-order valence-corrected chi connectivity index (χ2v) is 10.8. The van der Waals surface area contributed by atoms with E-state index in [2.05, 4.69) is 4.99 Å². The van der Waals surface area contributed by atoms with Gasteiger partial charge in [0.2, 0.25) is 10.0 Å². The number of carbonyl (C=O) groups excluding carboxylic acids is 1. The van der Waals surface area contributed by atoms with Crippen LogP contribution in [0.1, 0.15) is 19.8 Å². The lowest BCUT2D eigenvalue weighted by molar-refractivity contribution is -0.122. The Balaban J connectivity index is 1.54. The first kappa shape index (κ1) is 24.4. The molecule has 0 aliphatic carbocycles. The van der Waals surface area contributed by atoms with E-state index in [1.165, 1.54) is 27.8 Å². The molecule has 0 saturated carbocycles. The first-order valence-electron chi connectivity index (χ1n) is 10.9. The van der Waals surface area contributed by atoms with Crippen molar-refractivity contribution in [2.45, 2.75) is 31.2 Å². The van der Waals surface area contributed by atoms with Crippen LogP contribution in [0.5, 0.6) is 11.5 Å². The van der Waals surface area contributed by atoms with Gasteiger partial charge < -0.3 is 14.0 Å². The molecule has 1 aliphatic heterocycles. The van der Waals surface area contributed by atoms with E-state index < -0.39 is 15.8 Å². The zero-order valence-electron chi connectivity index (χ0n) is 19.2. The Kier molecular flexibility index (Phi) is 7.06. The molecule has 2 heterocycles. The van der Waals surface area contributed by atoms with E-state index in [0.717, 1.165) is 22.3 Å². The second-order valence-electron chi connectivity index (χ2n) is 7.89. The molecular formula is C23H26FN3O5S2. The largest absolute Gasteiger partial charge is 0.493 e. The summed E-state index contributed by atoms with van der Waals surface area (Å²) in [4.78, 5) is 18.0. The van der Waals surface area contributed by atoms with E-state index >= 15 is 0 Å². The van der Waals surface area contributed by atoms with E-state index in [-0.39, 0.29) is 29.8 Å². The van der Waals surface area contributed by atoms with Gasteiger partial charge in [0, 0.05) is 37.7 Å². The summed E-state index contributed by atoms with van der Waals surface area (Å²) in [6.07, 6.45) is 0.753. The average molecular weight is 508 g/mol. The van der Waals surface area contributed by atoms with Crippen molar-refractivity contribution in [2.24, 2.45) is 10.9 Å². The van der Waals surface area contributed by atoms with Crippen molar-refractivity contribution in [1.29, 1.82) is 0 Å². The number of thiazole rings is 1. The SMILES string of the molecule is CCn1c(=NC(=O)C2CCN(S(=O)(=O)c3ccc(F)cc3)CC2)sc2cc(OC)c(OC)cc21. The number of hydrogen-bond donors (Lipinski definition) is 0. The summed E-state index contributed by atoms with van der Waals surface area (Å²) in [6, 6.07) is 8.50. The molecule has 1 aromatic heterocycles. The van der Waals surface area contributed by atoms with Gasteiger partial charge in [-0.15, -0.1) is 0 Å². The fourth-order valence-electron chi connectivity index (χ4n) is 4.07. The summed E-state index contributed by atoms with van der Waals surface area (Å²) in [5.74, 6) is 0.0906. The van der Waals surface area contributed by atoms with Gasteiger partial charge in [-0.05, 0) is 44.0 Å². The normalized spacial score (nSPS) is 16.2. The van der Waals surface area contributed by atoms with Crippen molar-refractivity contribution in [2.75, 3.05) is 27.3 Å². The van der Waals surface area contributed by atoms with Crippen LogP contribution in [0, 0.1) is 11.7 Å². The molecule has 3 aromatic rings. The molecule has 1 amide bonds. The van der Waals surface area contributed by atoms with E-state index in [4.69, 9.17) is 9.47 Å². The predicted molar refractivity (Wildman–Crippen MR) is 127 cm³/mol. The highest BCUT2D eigenvalue weighted by Gasteiger charge is 2.32. The van der Waals surface area contributed by atoms with Gasteiger partial charge in [0.15, 0.2) is 16.3 Å². The van der Waals surface area contributed by atoms with Crippen molar-refractivity contribution in [1.82, 2.24) is 8.87 Å². The summed E-state index contributed by atoms with van der Waals surface area (Å²) < 4.78 is 53.8. The van der Waals surface area contributed by atoms with Gasteiger partial charge >= 0.3 is 0 Å². The summed E-state index contributed by atoms with van der Waals surface area (Å²) >= 11 is 1.40. The Morgan fingerprint density at radius 2 is 1.74 bits per heavy atom. The quantitative estimate of drug-likeness (QED) is 0.510. The third-order valence-corrected chi connectivity index (χ3v) is 8.92. The van der Waals surface area contributed by atoms with Crippen LogP contribution in [0.25, 0.3) is 10.2 Å². The molecule has 34 heavy (non-hydrogen) atoms. The Morgan fingerprint density at radius 3 is 2.32 bits per heavy atom. The van der Waals surface area contributed by atoms with E-state index in [9.17, 15) is 17.6 Å². The number of nitrogens with zero attached hydrogens (tertiary/aromatic N) is 3. The van der Waals surface area contributed by atoms with Crippen molar-refractivity contribution >= 4 is 37.5 Å². The third kappa shape index (κ3) is 4.59. The number of fused-ring (bicyclic) bond motifs is 1. The highest BCUT2D eigenvalue weighted by Crippen LogP contribution is 2.33. The molecular weight excluding hydrogens is 481 g/mol. The standard InChI is InChI=1S/C23H26FN3O5S2/c1-4-27-18-13-19(31-2)20(32-3)14-21(18)33-23(27)25-22(28)15-9-11-26(12-10-15)34(29,30)17-7-5-16(24)6-8-17/h5-8,13-15H,4,9-12H2,1-3H3. The number of halogens is 1. The molecule has 11 heteroatoms. The minimum absolute atomic E-state index is 0.0449. The fourth-order valence-corrected chi connectivity index (χ4v) is 6.65. The zero-order chi connectivity index (χ0) is 24.5. The number of rotatable bonds is 6. The molecule has 182 valence electrons. The lowest BCUT2D eigenvalue weighted by Gasteiger charge is -2.29. The molecule has 0 radical (unpaired) electrons. The van der Waals surface area contributed by atoms with Gasteiger partial charge in [0.05, 0.1) is 29.3 Å². The van der Waals surface area contributed by atoms with Crippen LogP contribution < -0.4 is 14.3 Å². The summed E-state index contributed by atoms with van der Waals surface area (Å²) in [5, 5.41) is 0. The Bertz CT molecular complexity index is 1370. The molecule has 4 rings (SSSR count). The van der Waals surface area contributed by atoms with E-state index in [1.807, 2.05) is 23.6 Å². The van der Waals surface area contributed by atoms with Crippen LogP contribution in [0.3, 0.4) is 0 Å². The molecule has 0 atom stereocenters. The number of aromatic nitrogens is 1. The molecule has 1 saturated heterocycles. The van der Waals surface area contributed by atoms with Crippen LogP contribution in [-0.4, -0.2) is 50.5 Å².